The van der Waals surface area contributed by atoms with Crippen molar-refractivity contribution >= 4 is 5.97 Å². The van der Waals surface area contributed by atoms with Crippen molar-refractivity contribution in [1.82, 2.24) is 5.32 Å². The van der Waals surface area contributed by atoms with Gasteiger partial charge in [-0.1, -0.05) is 12.8 Å². The van der Waals surface area contributed by atoms with Gasteiger partial charge in [-0.3, -0.25) is 4.79 Å². The quantitative estimate of drug-likeness (QED) is 0.614. The second kappa shape index (κ2) is 4.07. The minimum absolute atomic E-state index is 0. The standard InChI is InChI=1S/C9H15NO2.H2O/c11-9(12)8-5-6-3-1-2-4-7(6)10-8;/h6-8,10H,1-5H2,(H,11,12);1H2/t6?,7?,8-;/m0./s1. The van der Waals surface area contributed by atoms with Crippen molar-refractivity contribution < 1.29 is 15.4 Å². The van der Waals surface area contributed by atoms with Gasteiger partial charge in [-0.05, 0) is 25.2 Å². The van der Waals surface area contributed by atoms with Gasteiger partial charge in [0, 0.05) is 6.04 Å². The van der Waals surface area contributed by atoms with Crippen molar-refractivity contribution in [3.63, 3.8) is 0 Å². The highest BCUT2D eigenvalue weighted by molar-refractivity contribution is 5.74. The molecule has 0 aromatic rings. The van der Waals surface area contributed by atoms with Crippen molar-refractivity contribution in [1.29, 1.82) is 0 Å². The molecule has 13 heavy (non-hydrogen) atoms. The van der Waals surface area contributed by atoms with Gasteiger partial charge in [-0.25, -0.2) is 0 Å². The van der Waals surface area contributed by atoms with Crippen LogP contribution in [-0.4, -0.2) is 28.6 Å². The molecule has 1 heterocycles. The molecule has 0 aromatic carbocycles. The Morgan fingerprint density at radius 1 is 1.31 bits per heavy atom. The van der Waals surface area contributed by atoms with E-state index in [0.717, 1.165) is 6.42 Å². The van der Waals surface area contributed by atoms with Gasteiger partial charge in [-0.15, -0.1) is 0 Å². The summed E-state index contributed by atoms with van der Waals surface area (Å²) in [5, 5.41) is 12.0. The van der Waals surface area contributed by atoms with Crippen molar-refractivity contribution in [2.24, 2.45) is 5.92 Å². The first-order valence-electron chi connectivity index (χ1n) is 4.76. The number of carboxylic acid groups (broad SMARTS) is 1. The second-order valence-electron chi connectivity index (χ2n) is 3.94. The molecule has 2 rings (SSSR count). The van der Waals surface area contributed by atoms with Crippen LogP contribution in [0.15, 0.2) is 0 Å². The number of aliphatic carboxylic acids is 1. The Labute approximate surface area is 77.6 Å². The van der Waals surface area contributed by atoms with E-state index >= 15 is 0 Å². The molecule has 2 unspecified atom stereocenters. The lowest BCUT2D eigenvalue weighted by molar-refractivity contribution is -0.139. The third-order valence-corrected chi connectivity index (χ3v) is 3.16. The highest BCUT2D eigenvalue weighted by Gasteiger charge is 2.37. The first-order chi connectivity index (χ1) is 5.77. The summed E-state index contributed by atoms with van der Waals surface area (Å²) < 4.78 is 0. The molecule has 0 bridgehead atoms. The maximum atomic E-state index is 10.7. The zero-order valence-corrected chi connectivity index (χ0v) is 7.62. The predicted molar refractivity (Wildman–Crippen MR) is 48.5 cm³/mol. The van der Waals surface area contributed by atoms with E-state index < -0.39 is 5.97 Å². The fourth-order valence-electron chi connectivity index (χ4n) is 2.51. The molecule has 4 N–H and O–H groups in total. The summed E-state index contributed by atoms with van der Waals surface area (Å²) in [5.74, 6) is -0.0377. The number of fused-ring (bicyclic) bond motifs is 1. The molecule has 3 atom stereocenters. The monoisotopic (exact) mass is 187 g/mol. The van der Waals surface area contributed by atoms with E-state index in [2.05, 4.69) is 5.32 Å². The molecule has 1 saturated heterocycles. The molecular formula is C9H17NO3. The van der Waals surface area contributed by atoms with E-state index in [-0.39, 0.29) is 11.5 Å². The number of carbonyl (C=O) groups is 1. The average Bonchev–Trinajstić information content (AvgIpc) is 2.46. The van der Waals surface area contributed by atoms with Crippen LogP contribution in [-0.2, 0) is 4.79 Å². The van der Waals surface area contributed by atoms with Crippen LogP contribution in [0.1, 0.15) is 32.1 Å². The summed E-state index contributed by atoms with van der Waals surface area (Å²) in [7, 11) is 0. The van der Waals surface area contributed by atoms with Gasteiger partial charge < -0.3 is 15.9 Å². The maximum absolute atomic E-state index is 10.7. The Morgan fingerprint density at radius 3 is 2.62 bits per heavy atom. The summed E-state index contributed by atoms with van der Waals surface area (Å²) in [6.45, 7) is 0. The molecule has 1 aliphatic heterocycles. The SMILES string of the molecule is O.O=C(O)[C@@H]1CC2CCCCC2N1. The van der Waals surface area contributed by atoms with E-state index in [0.29, 0.717) is 12.0 Å². The molecule has 2 aliphatic rings. The van der Waals surface area contributed by atoms with E-state index in [9.17, 15) is 4.79 Å². The Kier molecular flexibility index (Phi) is 3.27. The molecule has 76 valence electrons. The van der Waals surface area contributed by atoms with Gasteiger partial charge >= 0.3 is 5.97 Å². The lowest BCUT2D eigenvalue weighted by Gasteiger charge is -2.24. The smallest absolute Gasteiger partial charge is 0.320 e. The van der Waals surface area contributed by atoms with Gasteiger partial charge in [0.25, 0.3) is 0 Å². The lowest BCUT2D eigenvalue weighted by Crippen LogP contribution is -2.36. The number of nitrogens with one attached hydrogen (secondary N) is 1. The van der Waals surface area contributed by atoms with E-state index in [1.54, 1.807) is 0 Å². The molecule has 4 nitrogen and oxygen atoms in total. The van der Waals surface area contributed by atoms with Gasteiger partial charge in [0.05, 0.1) is 0 Å². The molecule has 1 saturated carbocycles. The molecular weight excluding hydrogens is 170 g/mol. The van der Waals surface area contributed by atoms with E-state index in [4.69, 9.17) is 5.11 Å². The number of hydrogen-bond acceptors (Lipinski definition) is 2. The topological polar surface area (TPSA) is 80.8 Å². The zero-order valence-electron chi connectivity index (χ0n) is 7.62. The highest BCUT2D eigenvalue weighted by Crippen LogP contribution is 2.32. The van der Waals surface area contributed by atoms with Crippen LogP contribution < -0.4 is 5.32 Å². The zero-order chi connectivity index (χ0) is 8.55. The summed E-state index contributed by atoms with van der Waals surface area (Å²) in [5.41, 5.74) is 0. The largest absolute Gasteiger partial charge is 0.480 e. The lowest BCUT2D eigenvalue weighted by atomic mass is 9.85. The fourth-order valence-corrected chi connectivity index (χ4v) is 2.51. The summed E-state index contributed by atoms with van der Waals surface area (Å²) >= 11 is 0. The average molecular weight is 187 g/mol. The minimum Gasteiger partial charge on any atom is -0.480 e. The van der Waals surface area contributed by atoms with Gasteiger partial charge in [-0.2, -0.15) is 0 Å². The van der Waals surface area contributed by atoms with Crippen molar-refractivity contribution in [2.45, 2.75) is 44.2 Å². The summed E-state index contributed by atoms with van der Waals surface area (Å²) in [6.07, 6.45) is 5.80. The number of hydrogen-bond donors (Lipinski definition) is 2. The van der Waals surface area contributed by atoms with Crippen LogP contribution >= 0.6 is 0 Å². The van der Waals surface area contributed by atoms with Crippen molar-refractivity contribution in [2.75, 3.05) is 0 Å². The first kappa shape index (κ1) is 10.5. The van der Waals surface area contributed by atoms with Crippen LogP contribution in [0.4, 0.5) is 0 Å². The molecule has 0 amide bonds. The maximum Gasteiger partial charge on any atom is 0.320 e. The van der Waals surface area contributed by atoms with E-state index in [1.807, 2.05) is 0 Å². The Morgan fingerprint density at radius 2 is 2.00 bits per heavy atom. The van der Waals surface area contributed by atoms with Gasteiger partial charge in [0.2, 0.25) is 0 Å². The molecule has 1 aliphatic carbocycles. The van der Waals surface area contributed by atoms with Crippen LogP contribution in [0, 0.1) is 5.92 Å². The minimum atomic E-state index is -0.676. The Hall–Kier alpha value is -0.610. The summed E-state index contributed by atoms with van der Waals surface area (Å²) in [6, 6.07) is 0.234. The molecule has 4 heteroatoms. The Bertz CT molecular complexity index is 181. The highest BCUT2D eigenvalue weighted by atomic mass is 16.4. The van der Waals surface area contributed by atoms with Gasteiger partial charge in [0.1, 0.15) is 6.04 Å². The predicted octanol–water partition coefficient (Wildman–Crippen LogP) is 0.167. The molecule has 2 fully saturated rings. The third-order valence-electron chi connectivity index (χ3n) is 3.16. The fraction of sp³-hybridized carbons (Fsp3) is 0.889. The van der Waals surface area contributed by atoms with Crippen LogP contribution in [0.3, 0.4) is 0 Å². The second-order valence-corrected chi connectivity index (χ2v) is 3.94. The van der Waals surface area contributed by atoms with Crippen LogP contribution in [0.5, 0.6) is 0 Å². The van der Waals surface area contributed by atoms with E-state index in [1.165, 1.54) is 25.7 Å². The normalized spacial score (nSPS) is 37.7. The number of rotatable bonds is 1. The van der Waals surface area contributed by atoms with Crippen molar-refractivity contribution in [3.8, 4) is 0 Å². The molecule has 0 spiro atoms. The van der Waals surface area contributed by atoms with Crippen LogP contribution in [0.25, 0.3) is 0 Å². The first-order valence-corrected chi connectivity index (χ1v) is 4.76. The number of carboxylic acids is 1. The summed E-state index contributed by atoms with van der Waals surface area (Å²) in [4.78, 5) is 10.7. The van der Waals surface area contributed by atoms with Crippen LogP contribution in [0.2, 0.25) is 0 Å². The third kappa shape index (κ3) is 2.00. The van der Waals surface area contributed by atoms with Crippen molar-refractivity contribution in [3.05, 3.63) is 0 Å². The Balaban J connectivity index is 0.000000845. The molecule has 0 radical (unpaired) electrons. The molecule has 0 aromatic heterocycles. The van der Waals surface area contributed by atoms with Gasteiger partial charge in [0.15, 0.2) is 0 Å².